The summed E-state index contributed by atoms with van der Waals surface area (Å²) in [6, 6.07) is 7.65. The third-order valence-electron chi connectivity index (χ3n) is 4.77. The molecule has 0 saturated heterocycles. The molecule has 32 heavy (non-hydrogen) atoms. The van der Waals surface area contributed by atoms with E-state index in [9.17, 15) is 14.4 Å². The van der Waals surface area contributed by atoms with Gasteiger partial charge in [-0.3, -0.25) is 4.79 Å². The number of para-hydroxylation sites is 1. The zero-order valence-corrected chi connectivity index (χ0v) is 19.2. The van der Waals surface area contributed by atoms with Crippen LogP contribution in [-0.2, 0) is 14.3 Å². The number of hydrogen-bond donors (Lipinski definition) is 1. The van der Waals surface area contributed by atoms with Crippen molar-refractivity contribution < 1.29 is 28.6 Å². The summed E-state index contributed by atoms with van der Waals surface area (Å²) in [5, 5.41) is 2.94. The molecular weight excluding hydrogens is 430 g/mol. The van der Waals surface area contributed by atoms with Crippen molar-refractivity contribution in [1.82, 2.24) is 0 Å². The summed E-state index contributed by atoms with van der Waals surface area (Å²) in [5.41, 5.74) is 2.34. The summed E-state index contributed by atoms with van der Waals surface area (Å²) in [7, 11) is 0. The van der Waals surface area contributed by atoms with E-state index in [2.05, 4.69) is 5.32 Å². The quantitative estimate of drug-likeness (QED) is 0.478. The number of carbonyl (C=O) groups excluding carboxylic acids is 3. The molecule has 0 aliphatic carbocycles. The predicted octanol–water partition coefficient (Wildman–Crippen LogP) is 4.77. The van der Waals surface area contributed by atoms with Crippen LogP contribution >= 0.6 is 11.3 Å². The van der Waals surface area contributed by atoms with Gasteiger partial charge in [-0.1, -0.05) is 18.2 Å². The lowest BCUT2D eigenvalue weighted by atomic mass is 10.0. The third kappa shape index (κ3) is 5.08. The summed E-state index contributed by atoms with van der Waals surface area (Å²) in [6.45, 7) is 7.29. The number of hydrogen-bond acceptors (Lipinski definition) is 7. The van der Waals surface area contributed by atoms with Crippen LogP contribution in [-0.4, -0.2) is 37.2 Å². The van der Waals surface area contributed by atoms with Gasteiger partial charge in [-0.2, -0.15) is 0 Å². The molecule has 1 amide bonds. The molecule has 8 heteroatoms. The molecule has 7 nitrogen and oxygen atoms in total. The summed E-state index contributed by atoms with van der Waals surface area (Å²) in [6.07, 6.45) is 4.79. The van der Waals surface area contributed by atoms with Gasteiger partial charge in [-0.15, -0.1) is 11.3 Å². The third-order valence-corrected chi connectivity index (χ3v) is 5.95. The maximum Gasteiger partial charge on any atom is 0.348 e. The SMILES string of the molecule is CCOC(=O)c1sc(NC(=O)/C=C/C2=Cc3ccccc3OC2C)c(C(=O)OCC)c1C. The molecule has 1 N–H and O–H groups in total. The molecule has 1 aliphatic heterocycles. The minimum Gasteiger partial charge on any atom is -0.485 e. The number of esters is 2. The first-order valence-corrected chi connectivity index (χ1v) is 11.1. The monoisotopic (exact) mass is 455 g/mol. The summed E-state index contributed by atoms with van der Waals surface area (Å²) < 4.78 is 16.0. The minimum absolute atomic E-state index is 0.157. The van der Waals surface area contributed by atoms with Crippen LogP contribution in [0.4, 0.5) is 5.00 Å². The Hall–Kier alpha value is -3.39. The lowest BCUT2D eigenvalue weighted by Gasteiger charge is -2.22. The van der Waals surface area contributed by atoms with Crippen molar-refractivity contribution in [1.29, 1.82) is 0 Å². The van der Waals surface area contributed by atoms with Crippen LogP contribution in [0.3, 0.4) is 0 Å². The first-order chi connectivity index (χ1) is 15.3. The molecule has 1 unspecified atom stereocenters. The average molecular weight is 456 g/mol. The second kappa shape index (κ2) is 10.3. The second-order valence-corrected chi connectivity index (χ2v) is 7.99. The largest absolute Gasteiger partial charge is 0.485 e. The smallest absolute Gasteiger partial charge is 0.348 e. The molecule has 0 bridgehead atoms. The molecule has 1 aliphatic rings. The Morgan fingerprint density at radius 2 is 1.81 bits per heavy atom. The molecule has 2 heterocycles. The molecule has 168 valence electrons. The highest BCUT2D eigenvalue weighted by atomic mass is 32.1. The number of rotatable bonds is 7. The Kier molecular flexibility index (Phi) is 7.48. The molecule has 0 spiro atoms. The fraction of sp³-hybridized carbons (Fsp3) is 0.292. The standard InChI is InChI=1S/C24H25NO6S/c1-5-29-23(27)20-14(3)21(24(28)30-6-2)32-22(20)25-19(26)12-11-16-13-17-9-7-8-10-18(17)31-15(16)4/h7-13,15H,5-6H2,1-4H3,(H,25,26)/b12-11+. The predicted molar refractivity (Wildman–Crippen MR) is 123 cm³/mol. The van der Waals surface area contributed by atoms with E-state index in [0.29, 0.717) is 5.56 Å². The topological polar surface area (TPSA) is 90.9 Å². The van der Waals surface area contributed by atoms with Crippen molar-refractivity contribution in [3.63, 3.8) is 0 Å². The normalized spacial score (nSPS) is 14.9. The molecule has 0 saturated carbocycles. The zero-order chi connectivity index (χ0) is 23.3. The van der Waals surface area contributed by atoms with Crippen LogP contribution in [0.2, 0.25) is 0 Å². The summed E-state index contributed by atoms with van der Waals surface area (Å²) in [5.74, 6) is -0.807. The Morgan fingerprint density at radius 3 is 2.53 bits per heavy atom. The Labute approximate surface area is 190 Å². The van der Waals surface area contributed by atoms with E-state index in [1.165, 1.54) is 6.08 Å². The molecular formula is C24H25NO6S. The van der Waals surface area contributed by atoms with Gasteiger partial charge in [-0.05, 0) is 57.0 Å². The number of thiophene rings is 1. The Bertz CT molecular complexity index is 1100. The lowest BCUT2D eigenvalue weighted by molar-refractivity contribution is -0.111. The van der Waals surface area contributed by atoms with Gasteiger partial charge in [0.25, 0.3) is 0 Å². The fourth-order valence-corrected chi connectivity index (χ4v) is 4.31. The highest BCUT2D eigenvalue weighted by molar-refractivity contribution is 7.18. The van der Waals surface area contributed by atoms with Crippen molar-refractivity contribution in [2.24, 2.45) is 0 Å². The molecule has 3 rings (SSSR count). The van der Waals surface area contributed by atoms with Gasteiger partial charge in [-0.25, -0.2) is 9.59 Å². The van der Waals surface area contributed by atoms with Crippen LogP contribution in [0, 0.1) is 6.92 Å². The van der Waals surface area contributed by atoms with Gasteiger partial charge in [0, 0.05) is 11.6 Å². The van der Waals surface area contributed by atoms with Gasteiger partial charge in [0.2, 0.25) is 5.91 Å². The maximum atomic E-state index is 12.6. The molecule has 2 aromatic rings. The number of nitrogens with one attached hydrogen (secondary N) is 1. The van der Waals surface area contributed by atoms with Crippen LogP contribution in [0.15, 0.2) is 42.0 Å². The van der Waals surface area contributed by atoms with E-state index >= 15 is 0 Å². The van der Waals surface area contributed by atoms with E-state index < -0.39 is 17.8 Å². The van der Waals surface area contributed by atoms with Gasteiger partial charge < -0.3 is 19.5 Å². The van der Waals surface area contributed by atoms with Crippen LogP contribution in [0.5, 0.6) is 5.75 Å². The van der Waals surface area contributed by atoms with Crippen molar-refractivity contribution >= 4 is 40.3 Å². The van der Waals surface area contributed by atoms with Gasteiger partial charge in [0.1, 0.15) is 21.7 Å². The minimum atomic E-state index is -0.607. The van der Waals surface area contributed by atoms with E-state index in [1.807, 2.05) is 37.3 Å². The average Bonchev–Trinajstić information content (AvgIpc) is 3.08. The first-order valence-electron chi connectivity index (χ1n) is 10.3. The number of carbonyl (C=O) groups is 3. The summed E-state index contributed by atoms with van der Waals surface area (Å²) >= 11 is 0.989. The molecule has 1 aromatic carbocycles. The van der Waals surface area contributed by atoms with Crippen molar-refractivity contribution in [2.45, 2.75) is 33.8 Å². The highest BCUT2D eigenvalue weighted by Gasteiger charge is 2.27. The Balaban J connectivity index is 1.84. The Morgan fingerprint density at radius 1 is 1.12 bits per heavy atom. The number of amides is 1. The van der Waals surface area contributed by atoms with E-state index in [4.69, 9.17) is 14.2 Å². The van der Waals surface area contributed by atoms with E-state index in [-0.39, 0.29) is 34.8 Å². The van der Waals surface area contributed by atoms with Crippen molar-refractivity contribution in [2.75, 3.05) is 18.5 Å². The maximum absolute atomic E-state index is 12.6. The van der Waals surface area contributed by atoms with E-state index in [1.54, 1.807) is 26.8 Å². The van der Waals surface area contributed by atoms with Crippen molar-refractivity contribution in [3.8, 4) is 5.75 Å². The fourth-order valence-electron chi connectivity index (χ4n) is 3.21. The number of fused-ring (bicyclic) bond motifs is 1. The molecule has 1 aromatic heterocycles. The first kappa shape index (κ1) is 23.3. The molecule has 1 atom stereocenters. The van der Waals surface area contributed by atoms with Crippen LogP contribution in [0.1, 0.15) is 51.9 Å². The summed E-state index contributed by atoms with van der Waals surface area (Å²) in [4.78, 5) is 37.6. The lowest BCUT2D eigenvalue weighted by Crippen LogP contribution is -2.18. The number of benzene rings is 1. The second-order valence-electron chi connectivity index (χ2n) is 6.97. The highest BCUT2D eigenvalue weighted by Crippen LogP contribution is 2.34. The van der Waals surface area contributed by atoms with Crippen LogP contribution < -0.4 is 10.1 Å². The number of anilines is 1. The molecule has 0 radical (unpaired) electrons. The van der Waals surface area contributed by atoms with Gasteiger partial charge in [0.05, 0.1) is 18.8 Å². The van der Waals surface area contributed by atoms with Gasteiger partial charge >= 0.3 is 11.9 Å². The van der Waals surface area contributed by atoms with Gasteiger partial charge in [0.15, 0.2) is 0 Å². The molecule has 0 fully saturated rings. The van der Waals surface area contributed by atoms with E-state index in [0.717, 1.165) is 28.2 Å². The van der Waals surface area contributed by atoms with Crippen molar-refractivity contribution in [3.05, 3.63) is 63.6 Å². The number of ether oxygens (including phenoxy) is 3. The zero-order valence-electron chi connectivity index (χ0n) is 18.4. The van der Waals surface area contributed by atoms with Crippen LogP contribution in [0.25, 0.3) is 6.08 Å².